The molecule has 0 heteroatoms. The Labute approximate surface area is 106 Å². The molecule has 1 aliphatic carbocycles. The van der Waals surface area contributed by atoms with E-state index in [4.69, 9.17) is 0 Å². The second-order valence-electron chi connectivity index (χ2n) is 4.71. The molecule has 1 aromatic rings. The highest BCUT2D eigenvalue weighted by atomic mass is 14.4. The molecule has 0 bridgehead atoms. The minimum atomic E-state index is 0.186. The van der Waals surface area contributed by atoms with E-state index in [0.29, 0.717) is 0 Å². The van der Waals surface area contributed by atoms with Gasteiger partial charge in [0.2, 0.25) is 0 Å². The van der Waals surface area contributed by atoms with E-state index < -0.39 is 0 Å². The third kappa shape index (κ3) is 2.22. The Morgan fingerprint density at radius 3 is 2.24 bits per heavy atom. The van der Waals surface area contributed by atoms with Crippen molar-refractivity contribution >= 4 is 5.57 Å². The smallest absolute Gasteiger partial charge is 0.0118 e. The van der Waals surface area contributed by atoms with Gasteiger partial charge in [-0.15, -0.1) is 0 Å². The minimum absolute atomic E-state index is 0.186. The molecular formula is C17H24. The molecular weight excluding hydrogens is 204 g/mol. The molecule has 0 heterocycles. The molecule has 92 valence electrons. The Morgan fingerprint density at radius 2 is 1.65 bits per heavy atom. The molecule has 0 spiro atoms. The fourth-order valence-corrected chi connectivity index (χ4v) is 2.39. The third-order valence-electron chi connectivity index (χ3n) is 3.57. The van der Waals surface area contributed by atoms with Gasteiger partial charge in [-0.2, -0.15) is 0 Å². The van der Waals surface area contributed by atoms with Gasteiger partial charge in [0.1, 0.15) is 0 Å². The zero-order chi connectivity index (χ0) is 13.1. The number of fused-ring (bicyclic) bond motifs is 1. The Morgan fingerprint density at radius 1 is 1.06 bits per heavy atom. The van der Waals surface area contributed by atoms with Crippen molar-refractivity contribution in [3.05, 3.63) is 53.1 Å². The van der Waals surface area contributed by atoms with Crippen molar-refractivity contribution < 1.29 is 0 Å². The van der Waals surface area contributed by atoms with Gasteiger partial charge in [-0.05, 0) is 30.5 Å². The lowest BCUT2D eigenvalue weighted by molar-refractivity contribution is 0.639. The van der Waals surface area contributed by atoms with Crippen LogP contribution in [0.5, 0.6) is 0 Å². The standard InChI is InChI=1S/C15H18.C2H6/c1-5-8-12-11(2)15(3,4)14-10-7-6-9-13(12)14;1-2/h5-10H,1-4H3;1-2H3/b8-5-;. The number of benzene rings is 1. The summed E-state index contributed by atoms with van der Waals surface area (Å²) in [5.74, 6) is 0. The molecule has 0 saturated heterocycles. The van der Waals surface area contributed by atoms with Crippen LogP contribution in [0.3, 0.4) is 0 Å². The van der Waals surface area contributed by atoms with E-state index in [1.54, 1.807) is 0 Å². The van der Waals surface area contributed by atoms with Crippen molar-refractivity contribution in [1.29, 1.82) is 0 Å². The van der Waals surface area contributed by atoms with Gasteiger partial charge in [0.15, 0.2) is 0 Å². The molecule has 1 aliphatic rings. The highest BCUT2D eigenvalue weighted by Crippen LogP contribution is 2.46. The molecule has 0 N–H and O–H groups in total. The number of rotatable bonds is 1. The molecule has 0 unspecified atom stereocenters. The number of hydrogen-bond donors (Lipinski definition) is 0. The van der Waals surface area contributed by atoms with Crippen LogP contribution in [0.15, 0.2) is 42.0 Å². The Hall–Kier alpha value is -1.30. The van der Waals surface area contributed by atoms with Crippen LogP contribution >= 0.6 is 0 Å². The van der Waals surface area contributed by atoms with Crippen molar-refractivity contribution in [3.63, 3.8) is 0 Å². The highest BCUT2D eigenvalue weighted by Gasteiger charge is 2.33. The van der Waals surface area contributed by atoms with Gasteiger partial charge in [-0.25, -0.2) is 0 Å². The highest BCUT2D eigenvalue weighted by molar-refractivity contribution is 5.85. The molecule has 2 rings (SSSR count). The quantitative estimate of drug-likeness (QED) is 0.607. The average molecular weight is 228 g/mol. The molecule has 0 amide bonds. The first kappa shape index (κ1) is 13.8. The summed E-state index contributed by atoms with van der Waals surface area (Å²) < 4.78 is 0. The van der Waals surface area contributed by atoms with Crippen molar-refractivity contribution in [2.45, 2.75) is 47.0 Å². The summed E-state index contributed by atoms with van der Waals surface area (Å²) in [5.41, 5.74) is 5.92. The fourth-order valence-electron chi connectivity index (χ4n) is 2.39. The maximum Gasteiger partial charge on any atom is 0.0118 e. The lowest BCUT2D eigenvalue weighted by Gasteiger charge is -2.21. The van der Waals surface area contributed by atoms with Crippen molar-refractivity contribution in [3.8, 4) is 0 Å². The van der Waals surface area contributed by atoms with Gasteiger partial charge in [0, 0.05) is 5.41 Å². The van der Waals surface area contributed by atoms with Gasteiger partial charge in [-0.3, -0.25) is 0 Å². The van der Waals surface area contributed by atoms with Crippen molar-refractivity contribution in [2.24, 2.45) is 0 Å². The van der Waals surface area contributed by atoms with Gasteiger partial charge in [0.25, 0.3) is 0 Å². The molecule has 0 radical (unpaired) electrons. The van der Waals surface area contributed by atoms with Gasteiger partial charge >= 0.3 is 0 Å². The zero-order valence-corrected chi connectivity index (χ0v) is 12.0. The van der Waals surface area contributed by atoms with Crippen LogP contribution in [0.2, 0.25) is 0 Å². The monoisotopic (exact) mass is 228 g/mol. The summed E-state index contributed by atoms with van der Waals surface area (Å²) in [6, 6.07) is 8.72. The first-order chi connectivity index (χ1) is 8.09. The lowest BCUT2D eigenvalue weighted by atomic mass is 9.82. The van der Waals surface area contributed by atoms with Crippen LogP contribution in [0.25, 0.3) is 5.57 Å². The van der Waals surface area contributed by atoms with Gasteiger partial charge < -0.3 is 0 Å². The van der Waals surface area contributed by atoms with Crippen molar-refractivity contribution in [2.75, 3.05) is 0 Å². The van der Waals surface area contributed by atoms with Crippen LogP contribution in [0.1, 0.15) is 52.7 Å². The van der Waals surface area contributed by atoms with Crippen LogP contribution in [-0.2, 0) is 5.41 Å². The summed E-state index contributed by atoms with van der Waals surface area (Å²) in [6.45, 7) is 12.9. The zero-order valence-electron chi connectivity index (χ0n) is 12.0. The Balaban J connectivity index is 0.000000686. The first-order valence-electron chi connectivity index (χ1n) is 6.53. The maximum atomic E-state index is 2.30. The third-order valence-corrected chi connectivity index (χ3v) is 3.57. The predicted molar refractivity (Wildman–Crippen MR) is 78.2 cm³/mol. The normalized spacial score (nSPS) is 16.8. The Kier molecular flexibility index (Phi) is 4.34. The second kappa shape index (κ2) is 5.35. The van der Waals surface area contributed by atoms with Gasteiger partial charge in [0.05, 0.1) is 0 Å². The summed E-state index contributed by atoms with van der Waals surface area (Å²) in [5, 5.41) is 0. The van der Waals surface area contributed by atoms with E-state index in [9.17, 15) is 0 Å². The topological polar surface area (TPSA) is 0 Å². The van der Waals surface area contributed by atoms with E-state index in [-0.39, 0.29) is 5.41 Å². The van der Waals surface area contributed by atoms with E-state index in [2.05, 4.69) is 64.1 Å². The molecule has 0 fully saturated rings. The van der Waals surface area contributed by atoms with Crippen LogP contribution in [0, 0.1) is 0 Å². The maximum absolute atomic E-state index is 2.30. The van der Waals surface area contributed by atoms with Crippen LogP contribution < -0.4 is 0 Å². The van der Waals surface area contributed by atoms with E-state index in [1.807, 2.05) is 13.8 Å². The average Bonchev–Trinajstić information content (AvgIpc) is 2.55. The minimum Gasteiger partial charge on any atom is -0.0870 e. The summed E-state index contributed by atoms with van der Waals surface area (Å²) >= 11 is 0. The summed E-state index contributed by atoms with van der Waals surface area (Å²) in [7, 11) is 0. The lowest BCUT2D eigenvalue weighted by Crippen LogP contribution is -2.15. The molecule has 0 nitrogen and oxygen atoms in total. The molecule has 1 aromatic carbocycles. The summed E-state index contributed by atoms with van der Waals surface area (Å²) in [4.78, 5) is 0. The predicted octanol–water partition coefficient (Wildman–Crippen LogP) is 5.35. The largest absolute Gasteiger partial charge is 0.0870 e. The van der Waals surface area contributed by atoms with E-state index >= 15 is 0 Å². The molecule has 0 saturated carbocycles. The van der Waals surface area contributed by atoms with E-state index in [1.165, 1.54) is 22.3 Å². The Bertz CT molecular complexity index is 445. The van der Waals surface area contributed by atoms with Crippen LogP contribution in [-0.4, -0.2) is 0 Å². The number of hydrogen-bond acceptors (Lipinski definition) is 0. The SMILES string of the molecule is C/C=C\C1=C(C)C(C)(C)c2ccccc21.CC. The molecule has 0 atom stereocenters. The number of allylic oxidation sites excluding steroid dienone is 4. The molecule has 0 aromatic heterocycles. The van der Waals surface area contributed by atoms with Gasteiger partial charge in [-0.1, -0.05) is 69.7 Å². The molecule has 17 heavy (non-hydrogen) atoms. The fraction of sp³-hybridized carbons (Fsp3) is 0.412. The molecule has 0 aliphatic heterocycles. The second-order valence-corrected chi connectivity index (χ2v) is 4.71. The van der Waals surface area contributed by atoms with Crippen LogP contribution in [0.4, 0.5) is 0 Å². The van der Waals surface area contributed by atoms with E-state index in [0.717, 1.165) is 0 Å². The first-order valence-corrected chi connectivity index (χ1v) is 6.53. The summed E-state index contributed by atoms with van der Waals surface area (Å²) in [6.07, 6.45) is 4.35. The van der Waals surface area contributed by atoms with Crippen molar-refractivity contribution in [1.82, 2.24) is 0 Å².